The molecule has 0 atom stereocenters. The molecule has 10 heteroatoms. The Balaban J connectivity index is 2.39. The van der Waals surface area contributed by atoms with Gasteiger partial charge in [0.25, 0.3) is 10.0 Å². The second-order valence-electron chi connectivity index (χ2n) is 3.87. The van der Waals surface area contributed by atoms with E-state index in [1.165, 1.54) is 18.3 Å². The summed E-state index contributed by atoms with van der Waals surface area (Å²) in [6.07, 6.45) is 1.22. The van der Waals surface area contributed by atoms with Gasteiger partial charge in [-0.3, -0.25) is 4.72 Å². The maximum atomic E-state index is 13.6. The molecule has 0 aliphatic heterocycles. The van der Waals surface area contributed by atoms with E-state index in [1.807, 2.05) is 4.72 Å². The Morgan fingerprint density at radius 2 is 1.90 bits per heavy atom. The number of nitrogens with one attached hydrogen (secondary N) is 2. The molecule has 1 aromatic heterocycles. The largest absolute Gasteiger partial charge is 0.308 e. The fraction of sp³-hybridized carbons (Fsp3) is 0. The van der Waals surface area contributed by atoms with E-state index in [2.05, 4.69) is 26.3 Å². The molecule has 0 bridgehead atoms. The molecule has 1 heterocycles. The molecular weight excluding hydrogens is 370 g/mol. The van der Waals surface area contributed by atoms with E-state index in [9.17, 15) is 17.2 Å². The molecule has 0 radical (unpaired) electrons. The van der Waals surface area contributed by atoms with Crippen LogP contribution in [0.15, 0.2) is 39.8 Å². The third-order valence-corrected chi connectivity index (χ3v) is 4.41. The minimum absolute atomic E-state index is 0.0688. The fourth-order valence-electron chi connectivity index (χ4n) is 1.46. The molecule has 0 spiro atoms. The minimum Gasteiger partial charge on any atom is -0.308 e. The molecule has 0 unspecified atom stereocenters. The number of benzene rings is 1. The maximum absolute atomic E-state index is 13.6. The highest BCUT2D eigenvalue weighted by molar-refractivity contribution is 9.10. The predicted octanol–water partition coefficient (Wildman–Crippen LogP) is 2.21. The van der Waals surface area contributed by atoms with Crippen molar-refractivity contribution in [2.45, 2.75) is 4.90 Å². The van der Waals surface area contributed by atoms with E-state index in [-0.39, 0.29) is 20.9 Å². The average Bonchev–Trinajstić information content (AvgIpc) is 2.44. The van der Waals surface area contributed by atoms with Crippen LogP contribution in [0.3, 0.4) is 0 Å². The van der Waals surface area contributed by atoms with Gasteiger partial charge < -0.3 is 5.43 Å². The van der Waals surface area contributed by atoms with Gasteiger partial charge in [-0.1, -0.05) is 0 Å². The first kappa shape index (κ1) is 15.6. The summed E-state index contributed by atoms with van der Waals surface area (Å²) in [7, 11) is -4.07. The van der Waals surface area contributed by atoms with Gasteiger partial charge >= 0.3 is 0 Å². The van der Waals surface area contributed by atoms with Crippen LogP contribution in [0.5, 0.6) is 0 Å². The van der Waals surface area contributed by atoms with E-state index in [4.69, 9.17) is 5.84 Å². The van der Waals surface area contributed by atoms with Gasteiger partial charge in [0.05, 0.1) is 15.1 Å². The lowest BCUT2D eigenvalue weighted by molar-refractivity contribution is 0.579. The zero-order chi connectivity index (χ0) is 15.6. The minimum atomic E-state index is -4.07. The first-order valence-corrected chi connectivity index (χ1v) is 7.71. The standard InChI is InChI=1S/C11H9BrF2N4O2S/c12-7-4-10(9(14)5-8(7)13)18-21(19,20)6-1-2-16-11(3-6)17-15/h1-5,18H,15H2,(H,16,17). The molecule has 112 valence electrons. The van der Waals surface area contributed by atoms with Gasteiger partial charge in [0.15, 0.2) is 0 Å². The second-order valence-corrected chi connectivity index (χ2v) is 6.41. The molecule has 0 aliphatic rings. The number of halogens is 3. The molecule has 6 nitrogen and oxygen atoms in total. The molecule has 2 aromatic rings. The van der Waals surface area contributed by atoms with Crippen molar-refractivity contribution in [2.24, 2.45) is 5.84 Å². The number of sulfonamides is 1. The quantitative estimate of drug-likeness (QED) is 0.430. The summed E-state index contributed by atoms with van der Waals surface area (Å²) in [5.74, 6) is 3.39. The molecule has 1 aromatic carbocycles. The zero-order valence-electron chi connectivity index (χ0n) is 10.3. The Bertz CT molecular complexity index is 786. The lowest BCUT2D eigenvalue weighted by atomic mass is 10.3. The number of rotatable bonds is 4. The van der Waals surface area contributed by atoms with Crippen LogP contribution in [-0.4, -0.2) is 13.4 Å². The van der Waals surface area contributed by atoms with Gasteiger partial charge in [-0.15, -0.1) is 0 Å². The number of nitrogens with zero attached hydrogens (tertiary/aromatic N) is 1. The van der Waals surface area contributed by atoms with Crippen LogP contribution in [0.2, 0.25) is 0 Å². The number of nitrogens with two attached hydrogens (primary N) is 1. The van der Waals surface area contributed by atoms with Crippen LogP contribution >= 0.6 is 15.9 Å². The van der Waals surface area contributed by atoms with Crippen LogP contribution in [0, 0.1) is 11.6 Å². The molecular formula is C11H9BrF2N4O2S. The molecule has 0 aliphatic carbocycles. The van der Waals surface area contributed by atoms with Gasteiger partial charge in [-0.25, -0.2) is 28.0 Å². The van der Waals surface area contributed by atoms with Gasteiger partial charge in [0.2, 0.25) is 0 Å². The van der Waals surface area contributed by atoms with E-state index in [0.717, 1.165) is 6.07 Å². The molecule has 0 saturated heterocycles. The third kappa shape index (κ3) is 3.46. The molecule has 2 rings (SSSR count). The predicted molar refractivity (Wildman–Crippen MR) is 76.9 cm³/mol. The van der Waals surface area contributed by atoms with Crippen LogP contribution in [0.4, 0.5) is 20.3 Å². The first-order chi connectivity index (χ1) is 9.83. The van der Waals surface area contributed by atoms with E-state index >= 15 is 0 Å². The fourth-order valence-corrected chi connectivity index (χ4v) is 2.88. The maximum Gasteiger partial charge on any atom is 0.262 e. The molecule has 0 fully saturated rings. The van der Waals surface area contributed by atoms with E-state index in [0.29, 0.717) is 6.07 Å². The molecule has 21 heavy (non-hydrogen) atoms. The molecule has 4 N–H and O–H groups in total. The van der Waals surface area contributed by atoms with Crippen molar-refractivity contribution >= 4 is 37.5 Å². The van der Waals surface area contributed by atoms with Crippen molar-refractivity contribution in [2.75, 3.05) is 10.1 Å². The van der Waals surface area contributed by atoms with Crippen LogP contribution < -0.4 is 16.0 Å². The van der Waals surface area contributed by atoms with Crippen molar-refractivity contribution in [1.29, 1.82) is 0 Å². The lowest BCUT2D eigenvalue weighted by Crippen LogP contribution is -2.15. The monoisotopic (exact) mass is 378 g/mol. The Morgan fingerprint density at radius 1 is 1.19 bits per heavy atom. The number of hydrazine groups is 1. The number of hydrogen-bond donors (Lipinski definition) is 3. The van der Waals surface area contributed by atoms with Gasteiger partial charge in [-0.05, 0) is 28.1 Å². The Hall–Kier alpha value is -1.78. The highest BCUT2D eigenvalue weighted by Crippen LogP contribution is 2.26. The summed E-state index contributed by atoms with van der Waals surface area (Å²) in [5.41, 5.74) is 1.81. The van der Waals surface area contributed by atoms with Crippen molar-refractivity contribution in [3.05, 3.63) is 46.6 Å². The van der Waals surface area contributed by atoms with Crippen molar-refractivity contribution in [3.63, 3.8) is 0 Å². The van der Waals surface area contributed by atoms with Gasteiger partial charge in [-0.2, -0.15) is 0 Å². The number of nitrogen functional groups attached to an aromatic ring is 1. The second kappa shape index (κ2) is 5.92. The first-order valence-electron chi connectivity index (χ1n) is 5.43. The Morgan fingerprint density at radius 3 is 2.57 bits per heavy atom. The normalized spacial score (nSPS) is 11.2. The lowest BCUT2D eigenvalue weighted by Gasteiger charge is -2.10. The smallest absolute Gasteiger partial charge is 0.262 e. The van der Waals surface area contributed by atoms with Gasteiger partial charge in [0, 0.05) is 18.3 Å². The zero-order valence-corrected chi connectivity index (χ0v) is 12.7. The third-order valence-electron chi connectivity index (χ3n) is 2.44. The molecule has 0 amide bonds. The van der Waals surface area contributed by atoms with Crippen LogP contribution in [0.1, 0.15) is 0 Å². The van der Waals surface area contributed by atoms with Gasteiger partial charge in [0.1, 0.15) is 17.5 Å². The SMILES string of the molecule is NNc1cc(S(=O)(=O)Nc2cc(Br)c(F)cc2F)ccn1. The number of aromatic nitrogens is 1. The summed E-state index contributed by atoms with van der Waals surface area (Å²) < 4.78 is 52.9. The summed E-state index contributed by atoms with van der Waals surface area (Å²) in [5, 5.41) is 0. The Kier molecular flexibility index (Phi) is 4.40. The summed E-state index contributed by atoms with van der Waals surface area (Å²) in [6.45, 7) is 0. The topological polar surface area (TPSA) is 97.1 Å². The number of anilines is 2. The van der Waals surface area contributed by atoms with Crippen LogP contribution in [0.25, 0.3) is 0 Å². The number of pyridine rings is 1. The summed E-state index contributed by atoms with van der Waals surface area (Å²) in [6, 6.07) is 3.94. The summed E-state index contributed by atoms with van der Waals surface area (Å²) >= 11 is 2.85. The summed E-state index contributed by atoms with van der Waals surface area (Å²) in [4.78, 5) is 3.59. The van der Waals surface area contributed by atoms with E-state index in [1.54, 1.807) is 0 Å². The highest BCUT2D eigenvalue weighted by atomic mass is 79.9. The average molecular weight is 379 g/mol. The van der Waals surface area contributed by atoms with Crippen molar-refractivity contribution < 1.29 is 17.2 Å². The van der Waals surface area contributed by atoms with E-state index < -0.39 is 21.7 Å². The molecule has 0 saturated carbocycles. The number of hydrogen-bond acceptors (Lipinski definition) is 5. The van der Waals surface area contributed by atoms with Crippen molar-refractivity contribution in [1.82, 2.24) is 4.98 Å². The van der Waals surface area contributed by atoms with Crippen LogP contribution in [-0.2, 0) is 10.0 Å². The highest BCUT2D eigenvalue weighted by Gasteiger charge is 2.18. The Labute approximate surface area is 127 Å². The van der Waals surface area contributed by atoms with Crippen molar-refractivity contribution in [3.8, 4) is 0 Å².